The lowest BCUT2D eigenvalue weighted by Gasteiger charge is -1.74. The molecule has 3 N–H and O–H groups in total. The lowest BCUT2D eigenvalue weighted by Crippen LogP contribution is -1.91. The van der Waals surface area contributed by atoms with Gasteiger partial charge < -0.3 is 15.3 Å². The molecule has 0 heterocycles. The Kier molecular flexibility index (Phi) is 8.17. The van der Waals surface area contributed by atoms with Crippen molar-refractivity contribution in [3.63, 3.8) is 0 Å². The van der Waals surface area contributed by atoms with E-state index in [1.54, 1.807) is 0 Å². The van der Waals surface area contributed by atoms with Gasteiger partial charge in [-0.15, -0.1) is 0 Å². The Labute approximate surface area is 71.9 Å². The summed E-state index contributed by atoms with van der Waals surface area (Å²) < 4.78 is 0. The molecule has 7 nitrogen and oxygen atoms in total. The molecule has 0 rings (SSSR count). The maximum absolute atomic E-state index is 9.55. The Morgan fingerprint density at radius 3 is 1.08 bits per heavy atom. The van der Waals surface area contributed by atoms with Crippen LogP contribution in [-0.4, -0.2) is 39.5 Å². The molecule has 0 aromatic carbocycles. The quantitative estimate of drug-likeness (QED) is 0.295. The summed E-state index contributed by atoms with van der Waals surface area (Å²) in [5.41, 5.74) is 0. The van der Waals surface area contributed by atoms with Gasteiger partial charge in [0, 0.05) is 12.2 Å². The highest BCUT2D eigenvalue weighted by Gasteiger charge is 1.88. The second-order valence-electron chi connectivity index (χ2n) is 1.47. The molecule has 0 amide bonds. The molecule has 0 aromatic rings. The van der Waals surface area contributed by atoms with Gasteiger partial charge in [-0.25, -0.2) is 14.4 Å². The standard InChI is InChI=1S/C4H4O4.C2H2O3/c5-3(6)1-2-4(7)8;3-1-2(4)5/h1-2H,(H,5,6)(H,7,8);1H,(H,4,5)/b2-1+;. The molecule has 0 fully saturated rings. The third-order valence-corrected chi connectivity index (χ3v) is 0.469. The van der Waals surface area contributed by atoms with E-state index in [0.29, 0.717) is 12.2 Å². The van der Waals surface area contributed by atoms with Crippen LogP contribution in [0.15, 0.2) is 12.2 Å². The minimum absolute atomic E-state index is 0.167. The third kappa shape index (κ3) is 25.8. The number of carboxylic acids is 3. The molecule has 0 unspecified atom stereocenters. The fourth-order valence-electron chi connectivity index (χ4n) is 0.143. The van der Waals surface area contributed by atoms with Gasteiger partial charge in [0.1, 0.15) is 0 Å². The highest BCUT2D eigenvalue weighted by molar-refractivity contribution is 6.19. The SMILES string of the molecule is O=C(O)/C=C/C(=O)O.O=CC(=O)O. The average Bonchev–Trinajstić information content (AvgIpc) is 2.02. The number of hydrogen-bond acceptors (Lipinski definition) is 4. The van der Waals surface area contributed by atoms with Gasteiger partial charge in [-0.3, -0.25) is 4.79 Å². The summed E-state index contributed by atoms with van der Waals surface area (Å²) in [7, 11) is 0. The predicted octanol–water partition coefficient (Wildman–Crippen LogP) is -1.02. The maximum atomic E-state index is 9.55. The molecular weight excluding hydrogens is 184 g/mol. The van der Waals surface area contributed by atoms with E-state index < -0.39 is 17.9 Å². The first-order chi connectivity index (χ1) is 5.90. The van der Waals surface area contributed by atoms with Crippen LogP contribution in [0.5, 0.6) is 0 Å². The van der Waals surface area contributed by atoms with Crippen molar-refractivity contribution in [1.29, 1.82) is 0 Å². The molecule has 13 heavy (non-hydrogen) atoms. The normalized spacial score (nSPS) is 8.31. The fraction of sp³-hybridized carbons (Fsp3) is 0. The molecule has 0 saturated carbocycles. The Hall–Kier alpha value is -2.18. The number of carbonyl (C=O) groups excluding carboxylic acids is 1. The van der Waals surface area contributed by atoms with Crippen molar-refractivity contribution in [3.05, 3.63) is 12.2 Å². The van der Waals surface area contributed by atoms with Crippen LogP contribution in [0.2, 0.25) is 0 Å². The first-order valence-electron chi connectivity index (χ1n) is 2.72. The first kappa shape index (κ1) is 13.4. The van der Waals surface area contributed by atoms with Crippen molar-refractivity contribution in [2.45, 2.75) is 0 Å². The Balaban J connectivity index is 0. The van der Waals surface area contributed by atoms with Crippen LogP contribution < -0.4 is 0 Å². The molecule has 7 heteroatoms. The zero-order valence-corrected chi connectivity index (χ0v) is 6.21. The van der Waals surface area contributed by atoms with Gasteiger partial charge in [0.15, 0.2) is 0 Å². The highest BCUT2D eigenvalue weighted by atomic mass is 16.4. The monoisotopic (exact) mass is 190 g/mol. The van der Waals surface area contributed by atoms with Crippen molar-refractivity contribution >= 4 is 24.2 Å². The van der Waals surface area contributed by atoms with Gasteiger partial charge >= 0.3 is 17.9 Å². The van der Waals surface area contributed by atoms with Gasteiger partial charge in [-0.2, -0.15) is 0 Å². The van der Waals surface area contributed by atoms with Crippen LogP contribution in [-0.2, 0) is 19.2 Å². The summed E-state index contributed by atoms with van der Waals surface area (Å²) in [6.07, 6.45) is 0.949. The second-order valence-corrected chi connectivity index (χ2v) is 1.47. The Morgan fingerprint density at radius 1 is 0.769 bits per heavy atom. The van der Waals surface area contributed by atoms with Crippen LogP contribution in [0.25, 0.3) is 0 Å². The van der Waals surface area contributed by atoms with E-state index in [-0.39, 0.29) is 6.29 Å². The molecular formula is C6H6O7. The van der Waals surface area contributed by atoms with Crippen molar-refractivity contribution < 1.29 is 34.5 Å². The van der Waals surface area contributed by atoms with E-state index in [1.807, 2.05) is 0 Å². The molecule has 0 aromatic heterocycles. The summed E-state index contributed by atoms with van der Waals surface area (Å²) in [5.74, 6) is -3.94. The van der Waals surface area contributed by atoms with E-state index in [2.05, 4.69) is 0 Å². The Morgan fingerprint density at radius 2 is 1.00 bits per heavy atom. The molecule has 0 bridgehead atoms. The van der Waals surface area contributed by atoms with Crippen molar-refractivity contribution in [1.82, 2.24) is 0 Å². The van der Waals surface area contributed by atoms with Crippen LogP contribution in [0.1, 0.15) is 0 Å². The van der Waals surface area contributed by atoms with E-state index in [1.165, 1.54) is 0 Å². The number of aldehydes is 1. The third-order valence-electron chi connectivity index (χ3n) is 0.469. The fourth-order valence-corrected chi connectivity index (χ4v) is 0.143. The predicted molar refractivity (Wildman–Crippen MR) is 38.1 cm³/mol. The zero-order chi connectivity index (χ0) is 10.9. The van der Waals surface area contributed by atoms with Crippen molar-refractivity contribution in [3.8, 4) is 0 Å². The van der Waals surface area contributed by atoms with E-state index in [9.17, 15) is 9.59 Å². The summed E-state index contributed by atoms with van der Waals surface area (Å²) >= 11 is 0. The van der Waals surface area contributed by atoms with Gasteiger partial charge in [0.2, 0.25) is 6.29 Å². The number of carboxylic acid groups (broad SMARTS) is 3. The summed E-state index contributed by atoms with van der Waals surface area (Å²) in [6.45, 7) is 0. The van der Waals surface area contributed by atoms with Crippen molar-refractivity contribution in [2.24, 2.45) is 0 Å². The minimum atomic E-state index is -1.43. The molecule has 0 aliphatic heterocycles. The molecule has 0 saturated heterocycles. The van der Waals surface area contributed by atoms with Gasteiger partial charge in [-0.1, -0.05) is 0 Å². The second kappa shape index (κ2) is 7.92. The topological polar surface area (TPSA) is 129 Å². The number of rotatable bonds is 3. The number of aliphatic carboxylic acids is 3. The number of hydrogen-bond donors (Lipinski definition) is 3. The lowest BCUT2D eigenvalue weighted by atomic mass is 10.5. The molecule has 0 atom stereocenters. The summed E-state index contributed by atoms with van der Waals surface area (Å²) in [5, 5.41) is 23.0. The smallest absolute Gasteiger partial charge is 0.368 e. The van der Waals surface area contributed by atoms with Crippen molar-refractivity contribution in [2.75, 3.05) is 0 Å². The van der Waals surface area contributed by atoms with Crippen LogP contribution in [0, 0.1) is 0 Å². The highest BCUT2D eigenvalue weighted by Crippen LogP contribution is 1.70. The number of carbonyl (C=O) groups is 4. The van der Waals surface area contributed by atoms with Crippen LogP contribution >= 0.6 is 0 Å². The Bertz CT molecular complexity index is 223. The average molecular weight is 190 g/mol. The van der Waals surface area contributed by atoms with E-state index in [4.69, 9.17) is 24.9 Å². The molecule has 0 aliphatic carbocycles. The lowest BCUT2D eigenvalue weighted by molar-refractivity contribution is -0.143. The van der Waals surface area contributed by atoms with Gasteiger partial charge in [-0.05, 0) is 0 Å². The van der Waals surface area contributed by atoms with E-state index in [0.717, 1.165) is 0 Å². The largest absolute Gasteiger partial charge is 0.478 e. The van der Waals surface area contributed by atoms with Gasteiger partial charge in [0.05, 0.1) is 0 Å². The maximum Gasteiger partial charge on any atom is 0.368 e. The molecule has 0 aliphatic rings. The summed E-state index contributed by atoms with van der Waals surface area (Å²) in [4.78, 5) is 37.0. The molecule has 0 spiro atoms. The summed E-state index contributed by atoms with van der Waals surface area (Å²) in [6, 6.07) is 0. The minimum Gasteiger partial charge on any atom is -0.478 e. The van der Waals surface area contributed by atoms with Crippen LogP contribution in [0.3, 0.4) is 0 Å². The van der Waals surface area contributed by atoms with Gasteiger partial charge in [0.25, 0.3) is 0 Å². The van der Waals surface area contributed by atoms with E-state index >= 15 is 0 Å². The van der Waals surface area contributed by atoms with Crippen LogP contribution in [0.4, 0.5) is 0 Å². The first-order valence-corrected chi connectivity index (χ1v) is 2.72. The molecule has 72 valence electrons. The zero-order valence-electron chi connectivity index (χ0n) is 6.21. The molecule has 0 radical (unpaired) electrons.